The summed E-state index contributed by atoms with van der Waals surface area (Å²) in [6.45, 7) is 3.48. The fraction of sp³-hybridized carbons (Fsp3) is 0.945. The lowest BCUT2D eigenvalue weighted by atomic mass is 9.98. The van der Waals surface area contributed by atoms with Gasteiger partial charge in [0, 0.05) is 0 Å². The summed E-state index contributed by atoms with van der Waals surface area (Å²) in [5.41, 5.74) is 0. The number of allylic oxidation sites excluding steroid dienone is 2. The SMILES string of the molecule is CCCCCCCCCCCCC/C=C\CCCCCCCCC(O)C(=O)NC(COC1OC(CO)C(O)C(O)C1O)C(O)C(O)CCCCCCCCCCCCCCCCCCCC. The third-order valence-corrected chi connectivity index (χ3v) is 13.8. The molecule has 8 N–H and O–H groups in total. The van der Waals surface area contributed by atoms with Crippen LogP contribution in [-0.4, -0.2) is 110 Å². The first-order chi connectivity index (χ1) is 32.2. The van der Waals surface area contributed by atoms with Gasteiger partial charge in [0.2, 0.25) is 5.91 Å². The van der Waals surface area contributed by atoms with Crippen LogP contribution < -0.4 is 5.32 Å². The van der Waals surface area contributed by atoms with Crippen LogP contribution in [0.4, 0.5) is 0 Å². The molecule has 9 unspecified atom stereocenters. The minimum atomic E-state index is -1.66. The zero-order valence-electron chi connectivity index (χ0n) is 42.7. The van der Waals surface area contributed by atoms with Crippen LogP contribution in [0, 0.1) is 0 Å². The van der Waals surface area contributed by atoms with Gasteiger partial charge in [-0.15, -0.1) is 0 Å². The summed E-state index contributed by atoms with van der Waals surface area (Å²) in [4.78, 5) is 13.2. The van der Waals surface area contributed by atoms with E-state index in [1.54, 1.807) is 0 Å². The van der Waals surface area contributed by atoms with Crippen LogP contribution in [0.2, 0.25) is 0 Å². The topological polar surface area (TPSA) is 189 Å². The lowest BCUT2D eigenvalue weighted by Crippen LogP contribution is -2.60. The molecule has 1 rings (SSSR count). The third kappa shape index (κ3) is 33.4. The molecule has 0 aliphatic carbocycles. The summed E-state index contributed by atoms with van der Waals surface area (Å²) in [5, 5.41) is 76.1. The van der Waals surface area contributed by atoms with Crippen molar-refractivity contribution in [2.45, 2.75) is 319 Å². The molecular weight excluding hydrogens is 835 g/mol. The van der Waals surface area contributed by atoms with E-state index < -0.39 is 74.2 Å². The Balaban J connectivity index is 2.34. The highest BCUT2D eigenvalue weighted by Gasteiger charge is 2.44. The largest absolute Gasteiger partial charge is 0.394 e. The molecule has 0 aromatic rings. The number of aliphatic hydroxyl groups is 7. The molecule has 1 fully saturated rings. The first-order valence-electron chi connectivity index (χ1n) is 28.1. The number of nitrogens with one attached hydrogen (secondary N) is 1. The molecule has 0 radical (unpaired) electrons. The quantitative estimate of drug-likeness (QED) is 0.0215. The zero-order chi connectivity index (χ0) is 48.3. The molecule has 0 aromatic heterocycles. The van der Waals surface area contributed by atoms with Gasteiger partial charge in [0.05, 0.1) is 25.4 Å². The highest BCUT2D eigenvalue weighted by atomic mass is 16.7. The van der Waals surface area contributed by atoms with E-state index in [-0.39, 0.29) is 6.42 Å². The Morgan fingerprint density at radius 3 is 1.27 bits per heavy atom. The van der Waals surface area contributed by atoms with Crippen molar-refractivity contribution in [3.63, 3.8) is 0 Å². The molecule has 0 bridgehead atoms. The third-order valence-electron chi connectivity index (χ3n) is 13.8. The molecule has 0 spiro atoms. The van der Waals surface area contributed by atoms with E-state index in [1.807, 2.05) is 0 Å². The predicted molar refractivity (Wildman–Crippen MR) is 270 cm³/mol. The minimum Gasteiger partial charge on any atom is -0.394 e. The summed E-state index contributed by atoms with van der Waals surface area (Å²) in [5.74, 6) is -0.697. The second-order valence-electron chi connectivity index (χ2n) is 20.0. The molecule has 1 amide bonds. The average molecular weight is 942 g/mol. The molecular formula is C55H107NO10. The Labute approximate surface area is 404 Å². The van der Waals surface area contributed by atoms with Crippen LogP contribution in [-0.2, 0) is 14.3 Å². The standard InChI is InChI=1S/C55H107NO10/c1-3-5-7-9-11-13-15-17-19-21-23-24-25-27-29-31-33-35-37-39-41-43-48(59)54(64)56-46(45-65-55-53(63)52(62)51(61)49(44-57)66-55)50(60)47(58)42-40-38-36-34-32-30-28-26-22-20-18-16-14-12-10-8-6-4-2/h25,27,46-53,55,57-63H,3-24,26,28-45H2,1-2H3,(H,56,64)/b27-25-. The molecule has 66 heavy (non-hydrogen) atoms. The number of rotatable bonds is 48. The van der Waals surface area contributed by atoms with Gasteiger partial charge in [0.25, 0.3) is 0 Å². The van der Waals surface area contributed by atoms with Crippen molar-refractivity contribution in [1.82, 2.24) is 5.32 Å². The van der Waals surface area contributed by atoms with Gasteiger partial charge in [-0.1, -0.05) is 238 Å². The highest BCUT2D eigenvalue weighted by molar-refractivity contribution is 5.80. The van der Waals surface area contributed by atoms with Crippen LogP contribution in [0.15, 0.2) is 12.2 Å². The Bertz CT molecular complexity index is 1080. The number of carbonyl (C=O) groups excluding carboxylic acids is 1. The maximum atomic E-state index is 13.2. The summed E-state index contributed by atoms with van der Waals surface area (Å²) >= 11 is 0. The van der Waals surface area contributed by atoms with Crippen molar-refractivity contribution in [1.29, 1.82) is 0 Å². The van der Waals surface area contributed by atoms with Gasteiger partial charge in [0.1, 0.15) is 36.6 Å². The van der Waals surface area contributed by atoms with E-state index in [1.165, 1.54) is 173 Å². The summed E-state index contributed by atoms with van der Waals surface area (Å²) in [7, 11) is 0. The molecule has 392 valence electrons. The van der Waals surface area contributed by atoms with Gasteiger partial charge in [-0.3, -0.25) is 4.79 Å². The molecule has 11 heteroatoms. The number of aliphatic hydroxyl groups excluding tert-OH is 7. The van der Waals surface area contributed by atoms with Crippen molar-refractivity contribution in [3.05, 3.63) is 12.2 Å². The van der Waals surface area contributed by atoms with Gasteiger partial charge in [0.15, 0.2) is 6.29 Å². The van der Waals surface area contributed by atoms with Crippen LogP contribution >= 0.6 is 0 Å². The first kappa shape index (κ1) is 62.9. The van der Waals surface area contributed by atoms with E-state index in [9.17, 15) is 40.5 Å². The number of hydrogen-bond acceptors (Lipinski definition) is 10. The molecule has 0 saturated carbocycles. The fourth-order valence-corrected chi connectivity index (χ4v) is 9.20. The lowest BCUT2D eigenvalue weighted by Gasteiger charge is -2.40. The van der Waals surface area contributed by atoms with Crippen molar-refractivity contribution in [3.8, 4) is 0 Å². The second-order valence-corrected chi connectivity index (χ2v) is 20.0. The van der Waals surface area contributed by atoms with Crippen LogP contribution in [0.3, 0.4) is 0 Å². The highest BCUT2D eigenvalue weighted by Crippen LogP contribution is 2.23. The van der Waals surface area contributed by atoms with Gasteiger partial charge in [-0.05, 0) is 38.5 Å². The molecule has 0 aromatic carbocycles. The van der Waals surface area contributed by atoms with E-state index in [0.717, 1.165) is 51.4 Å². The molecule has 1 saturated heterocycles. The van der Waals surface area contributed by atoms with Crippen LogP contribution in [0.1, 0.15) is 264 Å². The number of ether oxygens (including phenoxy) is 2. The van der Waals surface area contributed by atoms with Gasteiger partial charge in [-0.2, -0.15) is 0 Å². The van der Waals surface area contributed by atoms with Gasteiger partial charge in [-0.25, -0.2) is 0 Å². The Hall–Kier alpha value is -1.15. The predicted octanol–water partition coefficient (Wildman–Crippen LogP) is 11.2. The Kier molecular flexibility index (Phi) is 42.9. The van der Waals surface area contributed by atoms with Crippen LogP contribution in [0.25, 0.3) is 0 Å². The molecule has 1 aliphatic heterocycles. The number of carbonyl (C=O) groups is 1. The Morgan fingerprint density at radius 1 is 0.515 bits per heavy atom. The monoisotopic (exact) mass is 942 g/mol. The Morgan fingerprint density at radius 2 is 0.879 bits per heavy atom. The summed E-state index contributed by atoms with van der Waals surface area (Å²) in [6.07, 6.45) is 39.7. The first-order valence-corrected chi connectivity index (χ1v) is 28.1. The molecule has 1 heterocycles. The molecule has 9 atom stereocenters. The molecule has 11 nitrogen and oxygen atoms in total. The maximum Gasteiger partial charge on any atom is 0.249 e. The van der Waals surface area contributed by atoms with Crippen molar-refractivity contribution < 1.29 is 50.0 Å². The van der Waals surface area contributed by atoms with Crippen molar-refractivity contribution in [2.24, 2.45) is 0 Å². The average Bonchev–Trinajstić information content (AvgIpc) is 3.32. The molecule has 1 aliphatic rings. The lowest BCUT2D eigenvalue weighted by molar-refractivity contribution is -0.303. The normalized spacial score (nSPS) is 20.8. The number of amides is 1. The minimum absolute atomic E-state index is 0.256. The van der Waals surface area contributed by atoms with Gasteiger partial charge < -0.3 is 50.5 Å². The van der Waals surface area contributed by atoms with Gasteiger partial charge >= 0.3 is 0 Å². The van der Waals surface area contributed by atoms with E-state index in [4.69, 9.17) is 9.47 Å². The number of unbranched alkanes of at least 4 members (excludes halogenated alkanes) is 34. The second kappa shape index (κ2) is 45.0. The smallest absolute Gasteiger partial charge is 0.249 e. The summed E-state index contributed by atoms with van der Waals surface area (Å²) < 4.78 is 11.1. The van der Waals surface area contributed by atoms with Crippen molar-refractivity contribution >= 4 is 5.91 Å². The fourth-order valence-electron chi connectivity index (χ4n) is 9.20. The zero-order valence-corrected chi connectivity index (χ0v) is 42.7. The van der Waals surface area contributed by atoms with Crippen molar-refractivity contribution in [2.75, 3.05) is 13.2 Å². The maximum absolute atomic E-state index is 13.2. The number of hydrogen-bond donors (Lipinski definition) is 8. The summed E-state index contributed by atoms with van der Waals surface area (Å²) in [6, 6.07) is -1.17. The van der Waals surface area contributed by atoms with E-state index in [0.29, 0.717) is 19.3 Å². The van der Waals surface area contributed by atoms with Crippen LogP contribution in [0.5, 0.6) is 0 Å². The van der Waals surface area contributed by atoms with E-state index >= 15 is 0 Å². The van der Waals surface area contributed by atoms with E-state index in [2.05, 4.69) is 31.3 Å².